The lowest BCUT2D eigenvalue weighted by atomic mass is 9.92. The average Bonchev–Trinajstić information content (AvgIpc) is 3.38. The van der Waals surface area contributed by atoms with Gasteiger partial charge in [-0.1, -0.05) is 0 Å². The molecule has 1 aromatic carbocycles. The van der Waals surface area contributed by atoms with Crippen LogP contribution in [-0.4, -0.2) is 33.2 Å². The van der Waals surface area contributed by atoms with Crippen LogP contribution in [0.3, 0.4) is 0 Å². The second-order valence-electron chi connectivity index (χ2n) is 8.63. The first kappa shape index (κ1) is 19.5. The zero-order valence-corrected chi connectivity index (χ0v) is 17.4. The molecule has 0 radical (unpaired) electrons. The molecule has 2 aliphatic rings. The molecule has 2 amide bonds. The number of benzene rings is 1. The van der Waals surface area contributed by atoms with Crippen molar-refractivity contribution >= 4 is 17.5 Å². The van der Waals surface area contributed by atoms with Crippen LogP contribution in [0.4, 0.5) is 5.69 Å². The number of nitrogens with two attached hydrogens (primary N) is 1. The normalized spacial score (nSPS) is 19.0. The Morgan fingerprint density at radius 3 is 2.59 bits per heavy atom. The average molecular weight is 396 g/mol. The predicted octanol–water partition coefficient (Wildman–Crippen LogP) is 3.22. The van der Waals surface area contributed by atoms with Crippen LogP contribution in [-0.2, 0) is 16.0 Å². The molecule has 2 heterocycles. The number of aromatic nitrogens is 2. The van der Waals surface area contributed by atoms with Gasteiger partial charge in [0.05, 0.1) is 17.9 Å². The third-order valence-corrected chi connectivity index (χ3v) is 5.87. The summed E-state index contributed by atoms with van der Waals surface area (Å²) < 4.78 is 8.23. The number of rotatable bonds is 5. The van der Waals surface area contributed by atoms with Gasteiger partial charge in [0.25, 0.3) is 5.91 Å². The summed E-state index contributed by atoms with van der Waals surface area (Å²) in [6.07, 6.45) is 7.74. The van der Waals surface area contributed by atoms with E-state index >= 15 is 0 Å². The minimum atomic E-state index is -1.18. The van der Waals surface area contributed by atoms with E-state index in [0.717, 1.165) is 48.1 Å². The fourth-order valence-electron chi connectivity index (χ4n) is 3.95. The largest absolute Gasteiger partial charge is 0.477 e. The van der Waals surface area contributed by atoms with Gasteiger partial charge in [-0.15, -0.1) is 0 Å². The van der Waals surface area contributed by atoms with Gasteiger partial charge in [0, 0.05) is 35.9 Å². The van der Waals surface area contributed by atoms with Crippen molar-refractivity contribution in [2.24, 2.45) is 5.73 Å². The van der Waals surface area contributed by atoms with Gasteiger partial charge in [-0.05, 0) is 58.6 Å². The van der Waals surface area contributed by atoms with E-state index in [1.807, 2.05) is 36.1 Å². The van der Waals surface area contributed by atoms with Crippen molar-refractivity contribution in [1.82, 2.24) is 9.78 Å². The number of nitrogens with zero attached hydrogens (tertiary/aromatic N) is 3. The van der Waals surface area contributed by atoms with Crippen LogP contribution >= 0.6 is 0 Å². The molecule has 1 fully saturated rings. The van der Waals surface area contributed by atoms with Crippen molar-refractivity contribution in [1.29, 1.82) is 0 Å². The van der Waals surface area contributed by atoms with Gasteiger partial charge in [-0.2, -0.15) is 5.10 Å². The molecule has 29 heavy (non-hydrogen) atoms. The fourth-order valence-corrected chi connectivity index (χ4v) is 3.95. The Bertz CT molecular complexity index is 974. The molecule has 154 valence electrons. The van der Waals surface area contributed by atoms with Crippen molar-refractivity contribution in [3.63, 3.8) is 0 Å². The van der Waals surface area contributed by atoms with Crippen molar-refractivity contribution in [3.8, 4) is 16.9 Å². The van der Waals surface area contributed by atoms with Crippen LogP contribution < -0.4 is 15.4 Å². The van der Waals surface area contributed by atoms with E-state index in [1.165, 1.54) is 0 Å². The van der Waals surface area contributed by atoms with Gasteiger partial charge in [0.1, 0.15) is 5.75 Å². The van der Waals surface area contributed by atoms with E-state index in [0.29, 0.717) is 11.8 Å². The summed E-state index contributed by atoms with van der Waals surface area (Å²) in [5.74, 6) is 0.0648. The van der Waals surface area contributed by atoms with Crippen molar-refractivity contribution < 1.29 is 14.3 Å². The van der Waals surface area contributed by atoms with Crippen LogP contribution in [0.1, 0.15) is 58.6 Å². The van der Waals surface area contributed by atoms with Crippen LogP contribution in [0.15, 0.2) is 24.5 Å². The van der Waals surface area contributed by atoms with E-state index in [9.17, 15) is 9.59 Å². The van der Waals surface area contributed by atoms with Crippen LogP contribution in [0, 0.1) is 0 Å². The Morgan fingerprint density at radius 1 is 1.24 bits per heavy atom. The molecule has 1 aromatic heterocycles. The molecule has 2 aromatic rings. The maximum absolute atomic E-state index is 12.3. The summed E-state index contributed by atoms with van der Waals surface area (Å²) >= 11 is 0. The van der Waals surface area contributed by atoms with E-state index < -0.39 is 11.5 Å². The molecule has 1 saturated carbocycles. The molecule has 0 saturated heterocycles. The number of hydrogen-bond donors (Lipinski definition) is 1. The molecule has 7 heteroatoms. The standard InChI is InChI=1S/C22H28N4O3/c1-13-5-8-18-19(26(13)14(2)27)10-9-17(20(18)29-22(3,4)21(23)28)15-11-24-25(12-15)16-6-7-16/h9-13,16H,5-8H2,1-4H3,(H2,23,28)/t13-/m0/s1. The quantitative estimate of drug-likeness (QED) is 0.840. The number of carbonyl (C=O) groups excluding carboxylic acids is 2. The monoisotopic (exact) mass is 396 g/mol. The molecule has 4 rings (SSSR count). The van der Waals surface area contributed by atoms with Crippen molar-refractivity contribution in [2.45, 2.75) is 71.1 Å². The molecule has 0 bridgehead atoms. The minimum Gasteiger partial charge on any atom is -0.477 e. The summed E-state index contributed by atoms with van der Waals surface area (Å²) in [7, 11) is 0. The smallest absolute Gasteiger partial charge is 0.261 e. The number of fused-ring (bicyclic) bond motifs is 1. The molecule has 7 nitrogen and oxygen atoms in total. The predicted molar refractivity (Wildman–Crippen MR) is 111 cm³/mol. The number of primary amides is 1. The number of hydrogen-bond acceptors (Lipinski definition) is 4. The summed E-state index contributed by atoms with van der Waals surface area (Å²) in [6, 6.07) is 4.51. The summed E-state index contributed by atoms with van der Waals surface area (Å²) in [4.78, 5) is 26.1. The molecular formula is C22H28N4O3. The van der Waals surface area contributed by atoms with Crippen LogP contribution in [0.25, 0.3) is 11.1 Å². The second-order valence-corrected chi connectivity index (χ2v) is 8.63. The van der Waals surface area contributed by atoms with Gasteiger partial charge in [0.15, 0.2) is 5.60 Å². The van der Waals surface area contributed by atoms with E-state index in [4.69, 9.17) is 10.5 Å². The highest BCUT2D eigenvalue weighted by molar-refractivity contribution is 5.95. The second kappa shape index (κ2) is 6.90. The third-order valence-electron chi connectivity index (χ3n) is 5.87. The van der Waals surface area contributed by atoms with E-state index in [2.05, 4.69) is 5.10 Å². The zero-order chi connectivity index (χ0) is 20.9. The van der Waals surface area contributed by atoms with Gasteiger partial charge >= 0.3 is 0 Å². The van der Waals surface area contributed by atoms with Gasteiger partial charge < -0.3 is 15.4 Å². The summed E-state index contributed by atoms with van der Waals surface area (Å²) in [5, 5.41) is 4.50. The summed E-state index contributed by atoms with van der Waals surface area (Å²) in [6.45, 7) is 6.96. The van der Waals surface area contributed by atoms with Crippen molar-refractivity contribution in [3.05, 3.63) is 30.1 Å². The lowest BCUT2D eigenvalue weighted by molar-refractivity contribution is -0.130. The van der Waals surface area contributed by atoms with Crippen LogP contribution in [0.2, 0.25) is 0 Å². The molecule has 1 atom stereocenters. The highest BCUT2D eigenvalue weighted by Gasteiger charge is 2.34. The van der Waals surface area contributed by atoms with Gasteiger partial charge in [-0.3, -0.25) is 14.3 Å². The first-order chi connectivity index (χ1) is 13.7. The van der Waals surface area contributed by atoms with Crippen molar-refractivity contribution in [2.75, 3.05) is 4.90 Å². The highest BCUT2D eigenvalue weighted by atomic mass is 16.5. The highest BCUT2D eigenvalue weighted by Crippen LogP contribution is 2.45. The topological polar surface area (TPSA) is 90.4 Å². The molecular weight excluding hydrogens is 368 g/mol. The Balaban J connectivity index is 1.86. The molecule has 1 aliphatic carbocycles. The number of anilines is 1. The lowest BCUT2D eigenvalue weighted by Gasteiger charge is -2.37. The third kappa shape index (κ3) is 3.50. The zero-order valence-electron chi connectivity index (χ0n) is 17.4. The van der Waals surface area contributed by atoms with Gasteiger partial charge in [0.2, 0.25) is 5.91 Å². The van der Waals surface area contributed by atoms with E-state index in [-0.39, 0.29) is 11.9 Å². The number of ether oxygens (including phenoxy) is 1. The number of carbonyl (C=O) groups is 2. The Kier molecular flexibility index (Phi) is 4.63. The maximum atomic E-state index is 12.3. The molecule has 0 spiro atoms. The fraction of sp³-hybridized carbons (Fsp3) is 0.500. The van der Waals surface area contributed by atoms with Crippen LogP contribution in [0.5, 0.6) is 5.75 Å². The molecule has 1 aliphatic heterocycles. The van der Waals surface area contributed by atoms with E-state index in [1.54, 1.807) is 25.7 Å². The first-order valence-corrected chi connectivity index (χ1v) is 10.2. The Hall–Kier alpha value is -2.83. The maximum Gasteiger partial charge on any atom is 0.261 e. The summed E-state index contributed by atoms with van der Waals surface area (Å²) in [5.41, 5.74) is 7.98. The minimum absolute atomic E-state index is 0.00661. The Morgan fingerprint density at radius 2 is 1.97 bits per heavy atom. The SMILES string of the molecule is CC(=O)N1c2ccc(-c3cnn(C4CC4)c3)c(OC(C)(C)C(N)=O)c2CC[C@@H]1C. The number of amides is 2. The van der Waals surface area contributed by atoms with Gasteiger partial charge in [-0.25, -0.2) is 0 Å². The first-order valence-electron chi connectivity index (χ1n) is 10.2. The molecule has 2 N–H and O–H groups in total. The lowest BCUT2D eigenvalue weighted by Crippen LogP contribution is -2.44. The molecule has 0 unspecified atom stereocenters. The Labute approximate surface area is 170 Å².